The van der Waals surface area contributed by atoms with Crippen LogP contribution in [0, 0.1) is 0 Å². The minimum Gasteiger partial charge on any atom is -0.466 e. The highest BCUT2D eigenvalue weighted by molar-refractivity contribution is 5.69. The van der Waals surface area contributed by atoms with Gasteiger partial charge >= 0.3 is 5.97 Å². The summed E-state index contributed by atoms with van der Waals surface area (Å²) in [5, 5.41) is 0. The number of hydrogen-bond acceptors (Lipinski definition) is 2. The average Bonchev–Trinajstić information content (AvgIpc) is 2.52. The van der Waals surface area contributed by atoms with Crippen LogP contribution >= 0.6 is 0 Å². The Balaban J connectivity index is 3.15. The number of carbonyl (C=O) groups excluding carboxylic acids is 1. The molecule has 0 saturated carbocycles. The summed E-state index contributed by atoms with van der Waals surface area (Å²) in [6.07, 6.45) is 21.0. The second kappa shape index (κ2) is 18.3. The Kier molecular flexibility index (Phi) is 17.6. The fourth-order valence-corrected chi connectivity index (χ4v) is 2.43. The topological polar surface area (TPSA) is 26.3 Å². The third kappa shape index (κ3) is 17.3. The summed E-state index contributed by atoms with van der Waals surface area (Å²) in [5.41, 5.74) is 0. The number of unbranched alkanes of at least 4 members (excludes halogenated alkanes) is 10. The Morgan fingerprint density at radius 2 is 1.36 bits per heavy atom. The van der Waals surface area contributed by atoms with Gasteiger partial charge in [-0.05, 0) is 32.1 Å². The van der Waals surface area contributed by atoms with Crippen LogP contribution in [-0.4, -0.2) is 12.6 Å². The summed E-state index contributed by atoms with van der Waals surface area (Å²) in [7, 11) is 0. The van der Waals surface area contributed by atoms with Crippen LogP contribution in [0.3, 0.4) is 0 Å². The SMILES string of the molecule is CCC/C=C/CCCCCCCCCC(=O)OCCCCC. The number of ether oxygens (including phenoxy) is 1. The van der Waals surface area contributed by atoms with Gasteiger partial charge < -0.3 is 4.74 Å². The van der Waals surface area contributed by atoms with Crippen molar-refractivity contribution in [3.8, 4) is 0 Å². The van der Waals surface area contributed by atoms with E-state index in [2.05, 4.69) is 26.0 Å². The smallest absolute Gasteiger partial charge is 0.305 e. The quantitative estimate of drug-likeness (QED) is 0.183. The van der Waals surface area contributed by atoms with Gasteiger partial charge in [-0.2, -0.15) is 0 Å². The van der Waals surface area contributed by atoms with Crippen molar-refractivity contribution < 1.29 is 9.53 Å². The maximum absolute atomic E-state index is 11.5. The lowest BCUT2D eigenvalue weighted by molar-refractivity contribution is -0.143. The van der Waals surface area contributed by atoms with Crippen LogP contribution in [0.25, 0.3) is 0 Å². The van der Waals surface area contributed by atoms with Crippen LogP contribution in [0.2, 0.25) is 0 Å². The average molecular weight is 311 g/mol. The van der Waals surface area contributed by atoms with Gasteiger partial charge in [-0.25, -0.2) is 0 Å². The van der Waals surface area contributed by atoms with Crippen molar-refractivity contribution >= 4 is 5.97 Å². The van der Waals surface area contributed by atoms with E-state index in [1.165, 1.54) is 64.2 Å². The van der Waals surface area contributed by atoms with Crippen LogP contribution < -0.4 is 0 Å². The Bertz CT molecular complexity index is 258. The first kappa shape index (κ1) is 21.2. The molecule has 0 amide bonds. The lowest BCUT2D eigenvalue weighted by Crippen LogP contribution is -2.05. The number of carbonyl (C=O) groups is 1. The third-order valence-electron chi connectivity index (χ3n) is 3.88. The van der Waals surface area contributed by atoms with Gasteiger partial charge in [-0.3, -0.25) is 4.79 Å². The van der Waals surface area contributed by atoms with E-state index >= 15 is 0 Å². The van der Waals surface area contributed by atoms with Crippen LogP contribution in [0.15, 0.2) is 12.2 Å². The Morgan fingerprint density at radius 1 is 0.727 bits per heavy atom. The zero-order valence-electron chi connectivity index (χ0n) is 15.1. The first-order valence-electron chi connectivity index (χ1n) is 9.61. The lowest BCUT2D eigenvalue weighted by atomic mass is 10.1. The predicted molar refractivity (Wildman–Crippen MR) is 96.1 cm³/mol. The molecule has 22 heavy (non-hydrogen) atoms. The molecule has 0 aromatic carbocycles. The maximum atomic E-state index is 11.5. The van der Waals surface area contributed by atoms with Gasteiger partial charge in [0.05, 0.1) is 6.61 Å². The molecule has 0 aromatic heterocycles. The van der Waals surface area contributed by atoms with Gasteiger partial charge in [0.15, 0.2) is 0 Å². The molecule has 0 rings (SSSR count). The minimum absolute atomic E-state index is 0.00466. The molecule has 0 unspecified atom stereocenters. The van der Waals surface area contributed by atoms with Crippen molar-refractivity contribution in [2.75, 3.05) is 6.61 Å². The summed E-state index contributed by atoms with van der Waals surface area (Å²) in [6.45, 7) is 4.99. The van der Waals surface area contributed by atoms with E-state index in [-0.39, 0.29) is 5.97 Å². The van der Waals surface area contributed by atoms with E-state index in [9.17, 15) is 4.79 Å². The third-order valence-corrected chi connectivity index (χ3v) is 3.88. The van der Waals surface area contributed by atoms with E-state index in [0.717, 1.165) is 19.3 Å². The molecule has 130 valence electrons. The van der Waals surface area contributed by atoms with Crippen molar-refractivity contribution in [3.05, 3.63) is 12.2 Å². The molecule has 0 atom stereocenters. The first-order valence-corrected chi connectivity index (χ1v) is 9.61. The van der Waals surface area contributed by atoms with Crippen molar-refractivity contribution in [2.24, 2.45) is 0 Å². The van der Waals surface area contributed by atoms with Gasteiger partial charge in [0.1, 0.15) is 0 Å². The minimum atomic E-state index is -0.00466. The lowest BCUT2D eigenvalue weighted by Gasteiger charge is -2.04. The highest BCUT2D eigenvalue weighted by Crippen LogP contribution is 2.10. The molecule has 0 aliphatic rings. The van der Waals surface area contributed by atoms with Gasteiger partial charge in [-0.15, -0.1) is 0 Å². The first-order chi connectivity index (χ1) is 10.8. The Labute approximate surface area is 138 Å². The molecule has 2 nitrogen and oxygen atoms in total. The molecule has 0 aromatic rings. The molecule has 0 aliphatic carbocycles. The number of allylic oxidation sites excluding steroid dienone is 2. The summed E-state index contributed by atoms with van der Waals surface area (Å²) < 4.78 is 5.20. The molecule has 0 bridgehead atoms. The largest absolute Gasteiger partial charge is 0.466 e. The van der Waals surface area contributed by atoms with E-state index < -0.39 is 0 Å². The fourth-order valence-electron chi connectivity index (χ4n) is 2.43. The standard InChI is InChI=1S/C20H38O2/c1-3-5-7-8-9-10-11-12-13-14-15-16-18-20(21)22-19-17-6-4-2/h7-8H,3-6,9-19H2,1-2H3/b8-7+. The number of esters is 1. The highest BCUT2D eigenvalue weighted by Gasteiger charge is 2.01. The molecule has 0 fully saturated rings. The van der Waals surface area contributed by atoms with E-state index in [4.69, 9.17) is 4.74 Å². The van der Waals surface area contributed by atoms with E-state index in [1.54, 1.807) is 0 Å². The zero-order chi connectivity index (χ0) is 16.3. The fraction of sp³-hybridized carbons (Fsp3) is 0.850. The van der Waals surface area contributed by atoms with Crippen LogP contribution in [0.4, 0.5) is 0 Å². The maximum Gasteiger partial charge on any atom is 0.305 e. The van der Waals surface area contributed by atoms with Crippen LogP contribution in [-0.2, 0) is 9.53 Å². The molecule has 0 N–H and O–H groups in total. The molecular weight excluding hydrogens is 272 g/mol. The van der Waals surface area contributed by atoms with Crippen LogP contribution in [0.5, 0.6) is 0 Å². The van der Waals surface area contributed by atoms with Gasteiger partial charge in [0, 0.05) is 6.42 Å². The molecular formula is C20H38O2. The second-order valence-corrected chi connectivity index (χ2v) is 6.20. The Morgan fingerprint density at radius 3 is 2.05 bits per heavy atom. The summed E-state index contributed by atoms with van der Waals surface area (Å²) >= 11 is 0. The molecule has 2 heteroatoms. The number of rotatable bonds is 16. The molecule has 0 radical (unpaired) electrons. The summed E-state index contributed by atoms with van der Waals surface area (Å²) in [6, 6.07) is 0. The molecule has 0 heterocycles. The summed E-state index contributed by atoms with van der Waals surface area (Å²) in [4.78, 5) is 11.5. The van der Waals surface area contributed by atoms with E-state index in [1.807, 2.05) is 0 Å². The monoisotopic (exact) mass is 310 g/mol. The predicted octanol–water partition coefficient (Wildman–Crippen LogP) is 6.59. The van der Waals surface area contributed by atoms with Crippen LogP contribution in [0.1, 0.15) is 104 Å². The normalized spacial score (nSPS) is 11.2. The van der Waals surface area contributed by atoms with Gasteiger partial charge in [-0.1, -0.05) is 77.4 Å². The highest BCUT2D eigenvalue weighted by atomic mass is 16.5. The number of hydrogen-bond donors (Lipinski definition) is 0. The van der Waals surface area contributed by atoms with Gasteiger partial charge in [0.25, 0.3) is 0 Å². The van der Waals surface area contributed by atoms with Crippen molar-refractivity contribution in [3.63, 3.8) is 0 Å². The molecule has 0 aliphatic heterocycles. The second-order valence-electron chi connectivity index (χ2n) is 6.20. The molecule has 0 spiro atoms. The van der Waals surface area contributed by atoms with Gasteiger partial charge in [0.2, 0.25) is 0 Å². The molecule has 0 saturated heterocycles. The van der Waals surface area contributed by atoms with Crippen molar-refractivity contribution in [2.45, 2.75) is 104 Å². The zero-order valence-corrected chi connectivity index (χ0v) is 15.1. The summed E-state index contributed by atoms with van der Waals surface area (Å²) in [5.74, 6) is -0.00466. The van der Waals surface area contributed by atoms with E-state index in [0.29, 0.717) is 13.0 Å². The Hall–Kier alpha value is -0.790. The van der Waals surface area contributed by atoms with Crippen molar-refractivity contribution in [1.29, 1.82) is 0 Å². The van der Waals surface area contributed by atoms with Crippen molar-refractivity contribution in [1.82, 2.24) is 0 Å².